The number of rotatable bonds is 5. The Morgan fingerprint density at radius 3 is 2.27 bits per heavy atom. The van der Waals surface area contributed by atoms with Crippen molar-refractivity contribution in [3.8, 4) is 0 Å². The Hall–Kier alpha value is -3.17. The van der Waals surface area contributed by atoms with Gasteiger partial charge in [-0.15, -0.1) is 0 Å². The number of carboxylic acids is 1. The van der Waals surface area contributed by atoms with Gasteiger partial charge in [-0.1, -0.05) is 84.9 Å². The molecule has 3 aromatic rings. The third kappa shape index (κ3) is 3.61. The topological polar surface area (TPSA) is 40.5 Å². The minimum absolute atomic E-state index is 0.0396. The summed E-state index contributed by atoms with van der Waals surface area (Å²) >= 11 is 0. The Labute approximate surface area is 196 Å². The molecule has 33 heavy (non-hydrogen) atoms. The van der Waals surface area contributed by atoms with E-state index in [4.69, 9.17) is 0 Å². The first-order chi connectivity index (χ1) is 16.0. The van der Waals surface area contributed by atoms with Gasteiger partial charge in [0.2, 0.25) is 0 Å². The fourth-order valence-electron chi connectivity index (χ4n) is 6.26. The van der Waals surface area contributed by atoms with Crippen molar-refractivity contribution >= 4 is 11.5 Å². The molecule has 0 radical (unpaired) electrons. The maximum atomic E-state index is 13.3. The molecule has 2 aliphatic rings. The molecule has 0 amide bonds. The predicted molar refractivity (Wildman–Crippen MR) is 133 cm³/mol. The Bertz CT molecular complexity index is 1180. The fourth-order valence-corrected chi connectivity index (χ4v) is 6.26. The van der Waals surface area contributed by atoms with Gasteiger partial charge in [-0.3, -0.25) is 9.69 Å². The number of fused-ring (bicyclic) bond motifs is 1. The van der Waals surface area contributed by atoms with Crippen LogP contribution in [0.1, 0.15) is 47.9 Å². The zero-order valence-corrected chi connectivity index (χ0v) is 19.4. The number of likely N-dealkylation sites (tertiary alicyclic amines) is 1. The fraction of sp³-hybridized carbons (Fsp3) is 0.300. The van der Waals surface area contributed by atoms with Gasteiger partial charge in [-0.25, -0.2) is 0 Å². The molecule has 5 rings (SSSR count). The van der Waals surface area contributed by atoms with Crippen LogP contribution >= 0.6 is 0 Å². The van der Waals surface area contributed by atoms with Gasteiger partial charge in [0.1, 0.15) is 5.41 Å². The average molecular weight is 438 g/mol. The molecule has 1 fully saturated rings. The zero-order chi connectivity index (χ0) is 23.0. The van der Waals surface area contributed by atoms with Crippen molar-refractivity contribution in [1.29, 1.82) is 0 Å². The second-order valence-corrected chi connectivity index (χ2v) is 9.55. The molecular weight excluding hydrogens is 406 g/mol. The van der Waals surface area contributed by atoms with Crippen LogP contribution in [0.3, 0.4) is 0 Å². The van der Waals surface area contributed by atoms with E-state index in [-0.39, 0.29) is 12.0 Å². The molecule has 0 saturated carbocycles. The van der Waals surface area contributed by atoms with Crippen molar-refractivity contribution in [3.63, 3.8) is 0 Å². The number of nitrogens with zero attached hydrogens (tertiary/aromatic N) is 1. The van der Waals surface area contributed by atoms with Gasteiger partial charge in [0, 0.05) is 25.0 Å². The number of allylic oxidation sites excluding steroid dienone is 1. The van der Waals surface area contributed by atoms with Gasteiger partial charge in [0.25, 0.3) is 0 Å². The van der Waals surface area contributed by atoms with Crippen LogP contribution in [0.25, 0.3) is 5.57 Å². The highest BCUT2D eigenvalue weighted by molar-refractivity contribution is 5.89. The summed E-state index contributed by atoms with van der Waals surface area (Å²) in [5, 5.41) is 10.9. The van der Waals surface area contributed by atoms with Crippen LogP contribution in [0.4, 0.5) is 0 Å². The van der Waals surface area contributed by atoms with Gasteiger partial charge >= 0.3 is 5.97 Å². The largest absolute Gasteiger partial charge is 0.481 e. The lowest BCUT2D eigenvalue weighted by Gasteiger charge is -2.41. The van der Waals surface area contributed by atoms with Crippen LogP contribution in [-0.4, -0.2) is 28.6 Å². The SMILES string of the molecule is Cc1ccccc1C1=C2C(C)N(Cc3ccccc3)CC2(C(=O)O)C(c2ccccc2)CC1. The van der Waals surface area contributed by atoms with Crippen LogP contribution < -0.4 is 0 Å². The molecule has 3 unspecified atom stereocenters. The van der Waals surface area contributed by atoms with Crippen LogP contribution in [0.15, 0.2) is 90.5 Å². The molecule has 1 aliphatic carbocycles. The molecule has 0 bridgehead atoms. The van der Waals surface area contributed by atoms with E-state index in [1.54, 1.807) is 0 Å². The first-order valence-electron chi connectivity index (χ1n) is 11.9. The number of benzene rings is 3. The summed E-state index contributed by atoms with van der Waals surface area (Å²) in [7, 11) is 0. The summed E-state index contributed by atoms with van der Waals surface area (Å²) in [5.74, 6) is -0.734. The first-order valence-corrected chi connectivity index (χ1v) is 11.9. The molecule has 3 atom stereocenters. The lowest BCUT2D eigenvalue weighted by Crippen LogP contribution is -2.43. The van der Waals surface area contributed by atoms with Crippen molar-refractivity contribution in [2.24, 2.45) is 5.41 Å². The first kappa shape index (κ1) is 21.7. The van der Waals surface area contributed by atoms with E-state index >= 15 is 0 Å². The van der Waals surface area contributed by atoms with Gasteiger partial charge in [-0.2, -0.15) is 0 Å². The summed E-state index contributed by atoms with van der Waals surface area (Å²) in [6.45, 7) is 5.62. The lowest BCUT2D eigenvalue weighted by molar-refractivity contribution is -0.147. The zero-order valence-electron chi connectivity index (χ0n) is 19.4. The summed E-state index contributed by atoms with van der Waals surface area (Å²) < 4.78 is 0. The molecule has 3 heteroatoms. The number of aliphatic carboxylic acids is 1. The quantitative estimate of drug-likeness (QED) is 0.509. The van der Waals surface area contributed by atoms with Crippen molar-refractivity contribution in [2.75, 3.05) is 6.54 Å². The van der Waals surface area contributed by atoms with E-state index in [0.717, 1.165) is 30.5 Å². The summed E-state index contributed by atoms with van der Waals surface area (Å²) in [5.41, 5.74) is 6.20. The van der Waals surface area contributed by atoms with Gasteiger partial charge in [-0.05, 0) is 60.1 Å². The van der Waals surface area contributed by atoms with Gasteiger partial charge < -0.3 is 5.11 Å². The molecule has 3 nitrogen and oxygen atoms in total. The Balaban J connectivity index is 1.70. The molecule has 0 aromatic heterocycles. The molecule has 1 aliphatic heterocycles. The smallest absolute Gasteiger partial charge is 0.315 e. The number of carboxylic acid groups (broad SMARTS) is 1. The summed E-state index contributed by atoms with van der Waals surface area (Å²) in [6.07, 6.45) is 1.74. The average Bonchev–Trinajstić information content (AvgIpc) is 3.13. The maximum Gasteiger partial charge on any atom is 0.315 e. The molecule has 168 valence electrons. The maximum absolute atomic E-state index is 13.3. The van der Waals surface area contributed by atoms with Crippen molar-refractivity contribution < 1.29 is 9.90 Å². The van der Waals surface area contributed by atoms with Gasteiger partial charge in [0.15, 0.2) is 0 Å². The van der Waals surface area contributed by atoms with Crippen molar-refractivity contribution in [3.05, 3.63) is 113 Å². The normalized spacial score (nSPS) is 25.2. The number of carbonyl (C=O) groups is 1. The van der Waals surface area contributed by atoms with E-state index in [2.05, 4.69) is 79.4 Å². The van der Waals surface area contributed by atoms with E-state index in [0.29, 0.717) is 6.54 Å². The summed E-state index contributed by atoms with van der Waals surface area (Å²) in [4.78, 5) is 15.7. The Morgan fingerprint density at radius 2 is 1.61 bits per heavy atom. The van der Waals surface area contributed by atoms with Gasteiger partial charge in [0.05, 0.1) is 0 Å². The third-order valence-corrected chi connectivity index (χ3v) is 7.78. The minimum atomic E-state index is -0.925. The van der Waals surface area contributed by atoms with Crippen molar-refractivity contribution in [1.82, 2.24) is 4.90 Å². The summed E-state index contributed by atoms with van der Waals surface area (Å²) in [6, 6.07) is 29.2. The van der Waals surface area contributed by atoms with Crippen LogP contribution in [0.2, 0.25) is 0 Å². The van der Waals surface area contributed by atoms with E-state index < -0.39 is 11.4 Å². The molecular formula is C30H31NO2. The standard InChI is InChI=1S/C30H31NO2/c1-21-11-9-10-16-25(21)26-17-18-27(24-14-7-4-8-15-24)30(29(32)33)20-31(22(2)28(26)30)19-23-12-5-3-6-13-23/h3-16,22,27H,17-20H2,1-2H3,(H,32,33). The predicted octanol–water partition coefficient (Wildman–Crippen LogP) is 6.30. The minimum Gasteiger partial charge on any atom is -0.481 e. The third-order valence-electron chi connectivity index (χ3n) is 7.78. The molecule has 3 aromatic carbocycles. The van der Waals surface area contributed by atoms with E-state index in [9.17, 15) is 9.90 Å². The van der Waals surface area contributed by atoms with Crippen LogP contribution in [0.5, 0.6) is 0 Å². The Morgan fingerprint density at radius 1 is 0.970 bits per heavy atom. The molecule has 1 saturated heterocycles. The highest BCUT2D eigenvalue weighted by atomic mass is 16.4. The Kier molecular flexibility index (Phi) is 5.67. The number of hydrogen-bond acceptors (Lipinski definition) is 2. The molecule has 1 heterocycles. The van der Waals surface area contributed by atoms with E-state index in [1.807, 2.05) is 24.3 Å². The second kappa shape index (κ2) is 8.64. The van der Waals surface area contributed by atoms with Crippen LogP contribution in [0, 0.1) is 12.3 Å². The highest BCUT2D eigenvalue weighted by Gasteiger charge is 2.59. The monoisotopic (exact) mass is 437 g/mol. The molecule has 0 spiro atoms. The lowest BCUT2D eigenvalue weighted by atomic mass is 9.60. The second-order valence-electron chi connectivity index (χ2n) is 9.55. The van der Waals surface area contributed by atoms with E-state index in [1.165, 1.54) is 22.3 Å². The molecule has 1 N–H and O–H groups in total. The highest BCUT2D eigenvalue weighted by Crippen LogP contribution is 2.58. The number of aryl methyl sites for hydroxylation is 1. The van der Waals surface area contributed by atoms with Crippen molar-refractivity contribution in [2.45, 2.75) is 45.2 Å². The van der Waals surface area contributed by atoms with Crippen LogP contribution in [-0.2, 0) is 11.3 Å². The number of hydrogen-bond donors (Lipinski definition) is 1.